The van der Waals surface area contributed by atoms with Gasteiger partial charge in [-0.2, -0.15) is 0 Å². The average molecular weight is 263 g/mol. The lowest BCUT2D eigenvalue weighted by molar-refractivity contribution is 0.352. The highest BCUT2D eigenvalue weighted by Crippen LogP contribution is 2.30. The zero-order valence-corrected chi connectivity index (χ0v) is 10.5. The number of benzene rings is 1. The topological polar surface area (TPSA) is 25.2 Å². The van der Waals surface area contributed by atoms with E-state index in [1.165, 1.54) is 25.0 Å². The molecule has 0 unspecified atom stereocenters. The third kappa shape index (κ3) is 2.54. The molecule has 0 bridgehead atoms. The molecule has 2 heterocycles. The molecule has 0 amide bonds. The van der Waals surface area contributed by atoms with Crippen LogP contribution in [-0.2, 0) is 0 Å². The maximum absolute atomic E-state index is 13.7. The van der Waals surface area contributed by atoms with E-state index in [2.05, 4.69) is 5.32 Å². The van der Waals surface area contributed by atoms with E-state index in [9.17, 15) is 8.78 Å². The SMILES string of the molecule is Fc1ccc(-c2ccc([C@@H]3CCCCN3)o2)c(F)c1. The van der Waals surface area contributed by atoms with Crippen molar-refractivity contribution in [1.29, 1.82) is 0 Å². The molecule has 3 rings (SSSR count). The third-order valence-electron chi connectivity index (χ3n) is 3.48. The van der Waals surface area contributed by atoms with Gasteiger partial charge in [0.25, 0.3) is 0 Å². The van der Waals surface area contributed by atoms with Crippen LogP contribution >= 0.6 is 0 Å². The number of nitrogens with one attached hydrogen (secondary N) is 1. The van der Waals surface area contributed by atoms with Crippen LogP contribution in [0.15, 0.2) is 34.7 Å². The van der Waals surface area contributed by atoms with Crippen molar-refractivity contribution in [2.75, 3.05) is 6.54 Å². The number of rotatable bonds is 2. The van der Waals surface area contributed by atoms with Crippen molar-refractivity contribution in [3.63, 3.8) is 0 Å². The lowest BCUT2D eigenvalue weighted by Crippen LogP contribution is -2.26. The minimum atomic E-state index is -0.600. The number of piperidine rings is 1. The fourth-order valence-electron chi connectivity index (χ4n) is 2.47. The monoisotopic (exact) mass is 263 g/mol. The quantitative estimate of drug-likeness (QED) is 0.884. The predicted octanol–water partition coefficient (Wildman–Crippen LogP) is 4.04. The van der Waals surface area contributed by atoms with E-state index in [4.69, 9.17) is 4.42 Å². The molecule has 1 aromatic heterocycles. The van der Waals surface area contributed by atoms with Crippen LogP contribution in [0.4, 0.5) is 8.78 Å². The molecular formula is C15H15F2NO. The Labute approximate surface area is 110 Å². The lowest BCUT2D eigenvalue weighted by Gasteiger charge is -2.21. The van der Waals surface area contributed by atoms with E-state index in [0.29, 0.717) is 11.3 Å². The second-order valence-corrected chi connectivity index (χ2v) is 4.83. The summed E-state index contributed by atoms with van der Waals surface area (Å²) in [4.78, 5) is 0. The Morgan fingerprint density at radius 2 is 2.00 bits per heavy atom. The Bertz CT molecular complexity index is 573. The van der Waals surface area contributed by atoms with Crippen LogP contribution in [0, 0.1) is 11.6 Å². The van der Waals surface area contributed by atoms with E-state index in [-0.39, 0.29) is 6.04 Å². The molecule has 0 aliphatic carbocycles. The Kier molecular flexibility index (Phi) is 3.34. The second-order valence-electron chi connectivity index (χ2n) is 4.83. The highest BCUT2D eigenvalue weighted by molar-refractivity contribution is 5.58. The van der Waals surface area contributed by atoms with Crippen LogP contribution in [0.1, 0.15) is 31.1 Å². The number of hydrogen-bond donors (Lipinski definition) is 1. The van der Waals surface area contributed by atoms with Gasteiger partial charge >= 0.3 is 0 Å². The zero-order valence-electron chi connectivity index (χ0n) is 10.5. The van der Waals surface area contributed by atoms with Gasteiger partial charge in [-0.15, -0.1) is 0 Å². The molecule has 0 saturated carbocycles. The molecule has 1 atom stereocenters. The molecule has 1 aromatic carbocycles. The molecule has 1 fully saturated rings. The number of furan rings is 1. The van der Waals surface area contributed by atoms with Gasteiger partial charge in [-0.3, -0.25) is 0 Å². The number of halogens is 2. The summed E-state index contributed by atoms with van der Waals surface area (Å²) in [6.45, 7) is 0.978. The molecule has 1 aliphatic rings. The van der Waals surface area contributed by atoms with Gasteiger partial charge in [0, 0.05) is 6.07 Å². The van der Waals surface area contributed by atoms with Gasteiger partial charge in [0.15, 0.2) is 0 Å². The predicted molar refractivity (Wildman–Crippen MR) is 68.7 cm³/mol. The minimum absolute atomic E-state index is 0.200. The summed E-state index contributed by atoms with van der Waals surface area (Å²) in [5.41, 5.74) is 0.295. The molecule has 1 N–H and O–H groups in total. The van der Waals surface area contributed by atoms with Gasteiger partial charge in [0.1, 0.15) is 23.2 Å². The minimum Gasteiger partial charge on any atom is -0.459 e. The first-order valence-corrected chi connectivity index (χ1v) is 6.52. The molecule has 19 heavy (non-hydrogen) atoms. The van der Waals surface area contributed by atoms with Gasteiger partial charge in [0.05, 0.1) is 11.6 Å². The van der Waals surface area contributed by atoms with Crippen molar-refractivity contribution in [2.24, 2.45) is 0 Å². The van der Waals surface area contributed by atoms with Crippen LogP contribution in [0.5, 0.6) is 0 Å². The Morgan fingerprint density at radius 3 is 2.74 bits per heavy atom. The summed E-state index contributed by atoms with van der Waals surface area (Å²) in [6, 6.07) is 7.31. The smallest absolute Gasteiger partial charge is 0.137 e. The molecule has 0 radical (unpaired) electrons. The zero-order chi connectivity index (χ0) is 13.2. The molecule has 2 aromatic rings. The maximum Gasteiger partial charge on any atom is 0.137 e. The lowest BCUT2D eigenvalue weighted by atomic mass is 10.0. The summed E-state index contributed by atoms with van der Waals surface area (Å²) in [5, 5.41) is 3.38. The summed E-state index contributed by atoms with van der Waals surface area (Å²) in [6.07, 6.45) is 3.37. The first-order valence-electron chi connectivity index (χ1n) is 6.52. The summed E-state index contributed by atoms with van der Waals surface area (Å²) < 4.78 is 32.3. The van der Waals surface area contributed by atoms with Crippen molar-refractivity contribution in [1.82, 2.24) is 5.32 Å². The van der Waals surface area contributed by atoms with Gasteiger partial charge in [-0.05, 0) is 43.7 Å². The Balaban J connectivity index is 1.87. The van der Waals surface area contributed by atoms with E-state index in [1.807, 2.05) is 6.07 Å². The van der Waals surface area contributed by atoms with Crippen LogP contribution in [0.3, 0.4) is 0 Å². The average Bonchev–Trinajstić information content (AvgIpc) is 2.89. The van der Waals surface area contributed by atoms with Crippen molar-refractivity contribution < 1.29 is 13.2 Å². The first kappa shape index (κ1) is 12.4. The van der Waals surface area contributed by atoms with E-state index in [0.717, 1.165) is 24.8 Å². The summed E-state index contributed by atoms with van der Waals surface area (Å²) >= 11 is 0. The normalized spacial score (nSPS) is 19.6. The van der Waals surface area contributed by atoms with Gasteiger partial charge in [-0.25, -0.2) is 8.78 Å². The molecule has 4 heteroatoms. The molecule has 100 valence electrons. The second kappa shape index (κ2) is 5.13. The maximum atomic E-state index is 13.7. The highest BCUT2D eigenvalue weighted by atomic mass is 19.1. The van der Waals surface area contributed by atoms with Crippen LogP contribution in [0.25, 0.3) is 11.3 Å². The van der Waals surface area contributed by atoms with Gasteiger partial charge in [-0.1, -0.05) is 6.42 Å². The Morgan fingerprint density at radius 1 is 1.11 bits per heavy atom. The van der Waals surface area contributed by atoms with Crippen LogP contribution in [0.2, 0.25) is 0 Å². The molecule has 1 saturated heterocycles. The summed E-state index contributed by atoms with van der Waals surface area (Å²) in [7, 11) is 0. The summed E-state index contributed by atoms with van der Waals surface area (Å²) in [5.74, 6) is 0.0813. The van der Waals surface area contributed by atoms with Crippen molar-refractivity contribution in [2.45, 2.75) is 25.3 Å². The van der Waals surface area contributed by atoms with Crippen molar-refractivity contribution >= 4 is 0 Å². The van der Waals surface area contributed by atoms with E-state index < -0.39 is 11.6 Å². The molecule has 1 aliphatic heterocycles. The fourth-order valence-corrected chi connectivity index (χ4v) is 2.47. The van der Waals surface area contributed by atoms with Crippen LogP contribution in [-0.4, -0.2) is 6.54 Å². The highest BCUT2D eigenvalue weighted by Gasteiger charge is 2.19. The van der Waals surface area contributed by atoms with Gasteiger partial charge in [0.2, 0.25) is 0 Å². The van der Waals surface area contributed by atoms with E-state index in [1.54, 1.807) is 6.07 Å². The van der Waals surface area contributed by atoms with Gasteiger partial charge < -0.3 is 9.73 Å². The fraction of sp³-hybridized carbons (Fsp3) is 0.333. The standard InChI is InChI=1S/C15H15F2NO/c16-10-4-5-11(12(17)9-10)14-6-7-15(19-14)13-3-1-2-8-18-13/h4-7,9,13,18H,1-3,8H2/t13-/m0/s1. The third-order valence-corrected chi connectivity index (χ3v) is 3.48. The first-order chi connectivity index (χ1) is 9.24. The van der Waals surface area contributed by atoms with Crippen molar-refractivity contribution in [3.05, 3.63) is 47.7 Å². The molecular weight excluding hydrogens is 248 g/mol. The van der Waals surface area contributed by atoms with Crippen molar-refractivity contribution in [3.8, 4) is 11.3 Å². The number of hydrogen-bond acceptors (Lipinski definition) is 2. The molecule has 0 spiro atoms. The van der Waals surface area contributed by atoms with Crippen LogP contribution < -0.4 is 5.32 Å². The molecule has 2 nitrogen and oxygen atoms in total. The Hall–Kier alpha value is -1.68. The van der Waals surface area contributed by atoms with E-state index >= 15 is 0 Å². The largest absolute Gasteiger partial charge is 0.459 e.